The van der Waals surface area contributed by atoms with Gasteiger partial charge in [0.2, 0.25) is 15.2 Å². The lowest BCUT2D eigenvalue weighted by atomic mass is 10.1. The van der Waals surface area contributed by atoms with Crippen LogP contribution in [0, 0.1) is 0 Å². The van der Waals surface area contributed by atoms with E-state index in [0.29, 0.717) is 22.2 Å². The lowest BCUT2D eigenvalue weighted by molar-refractivity contribution is 0.0994. The third kappa shape index (κ3) is 4.71. The Labute approximate surface area is 159 Å². The minimum absolute atomic E-state index is 0.0802. The summed E-state index contributed by atoms with van der Waals surface area (Å²) in [5.74, 6) is 0.599. The number of thioether (sulfide) groups is 1. The van der Waals surface area contributed by atoms with Crippen LogP contribution in [0.5, 0.6) is 0 Å². The van der Waals surface area contributed by atoms with E-state index >= 15 is 0 Å². The Bertz CT molecular complexity index is 996. The van der Waals surface area contributed by atoms with Crippen molar-refractivity contribution in [3.8, 4) is 10.7 Å². The Balaban J connectivity index is 1.66. The second-order valence-corrected chi connectivity index (χ2v) is 9.52. The molecular formula is C16H16N4O3S3. The summed E-state index contributed by atoms with van der Waals surface area (Å²) in [5.41, 5.74) is 0.914. The molecule has 2 heterocycles. The zero-order valence-corrected chi connectivity index (χ0v) is 16.4. The fourth-order valence-electron chi connectivity index (χ4n) is 2.19. The maximum Gasteiger partial charge on any atom is 0.229 e. The van der Waals surface area contributed by atoms with E-state index in [4.69, 9.17) is 0 Å². The van der Waals surface area contributed by atoms with Crippen LogP contribution in [-0.4, -0.2) is 40.9 Å². The van der Waals surface area contributed by atoms with Gasteiger partial charge in [-0.1, -0.05) is 17.8 Å². The average molecular weight is 409 g/mol. The number of aromatic amines is 1. The summed E-state index contributed by atoms with van der Waals surface area (Å²) < 4.78 is 24.8. The lowest BCUT2D eigenvalue weighted by Crippen LogP contribution is -2.14. The molecular weight excluding hydrogens is 392 g/mol. The van der Waals surface area contributed by atoms with E-state index in [-0.39, 0.29) is 11.0 Å². The molecule has 136 valence electrons. The third-order valence-electron chi connectivity index (χ3n) is 3.34. The Morgan fingerprint density at radius 1 is 1.27 bits per heavy atom. The Hall–Kier alpha value is -2.17. The summed E-state index contributed by atoms with van der Waals surface area (Å²) >= 11 is 2.83. The molecule has 0 aliphatic rings. The minimum Gasteiger partial charge on any atom is -0.293 e. The molecule has 0 amide bonds. The summed E-state index contributed by atoms with van der Waals surface area (Å²) in [7, 11) is -3.34. The van der Waals surface area contributed by atoms with E-state index in [1.165, 1.54) is 11.8 Å². The summed E-state index contributed by atoms with van der Waals surface area (Å²) in [6.07, 6.45) is 1.08. The number of thiophene rings is 1. The molecule has 3 rings (SSSR count). The van der Waals surface area contributed by atoms with E-state index in [9.17, 15) is 13.2 Å². The second kappa shape index (κ2) is 7.60. The first-order valence-electron chi connectivity index (χ1n) is 7.57. The molecule has 2 N–H and O–H groups in total. The van der Waals surface area contributed by atoms with Crippen LogP contribution < -0.4 is 4.72 Å². The molecule has 0 aliphatic carbocycles. The first kappa shape index (κ1) is 18.6. The van der Waals surface area contributed by atoms with Gasteiger partial charge in [-0.25, -0.2) is 13.4 Å². The fourth-order valence-corrected chi connectivity index (χ4v) is 4.22. The van der Waals surface area contributed by atoms with Gasteiger partial charge in [-0.2, -0.15) is 0 Å². The standard InChI is InChI=1S/C16H16N4O3S3/c1-10(25-16-17-15(18-19-16)13-4-3-9-24-13)14(21)11-5-7-12(8-6-11)20-26(2,22)23/h3-10,20H,1-2H3,(H,17,18,19)/t10-/m1/s1. The number of ketones is 1. The van der Waals surface area contributed by atoms with E-state index in [2.05, 4.69) is 19.9 Å². The van der Waals surface area contributed by atoms with Gasteiger partial charge in [-0.15, -0.1) is 16.4 Å². The van der Waals surface area contributed by atoms with Crippen LogP contribution in [0.2, 0.25) is 0 Å². The molecule has 0 saturated carbocycles. The molecule has 0 fully saturated rings. The minimum atomic E-state index is -3.34. The van der Waals surface area contributed by atoms with Crippen LogP contribution >= 0.6 is 23.1 Å². The van der Waals surface area contributed by atoms with Gasteiger partial charge in [0.1, 0.15) is 0 Å². The van der Waals surface area contributed by atoms with E-state index in [0.717, 1.165) is 11.1 Å². The summed E-state index contributed by atoms with van der Waals surface area (Å²) in [4.78, 5) is 17.9. The quantitative estimate of drug-likeness (QED) is 0.459. The van der Waals surface area contributed by atoms with E-state index < -0.39 is 10.0 Å². The Kier molecular flexibility index (Phi) is 5.44. The van der Waals surface area contributed by atoms with Crippen molar-refractivity contribution in [1.82, 2.24) is 15.2 Å². The van der Waals surface area contributed by atoms with Crippen LogP contribution in [0.15, 0.2) is 46.9 Å². The number of benzene rings is 1. The molecule has 10 heteroatoms. The van der Waals surface area contributed by atoms with Gasteiger partial charge in [0.25, 0.3) is 0 Å². The van der Waals surface area contributed by atoms with Crippen molar-refractivity contribution in [1.29, 1.82) is 0 Å². The third-order valence-corrected chi connectivity index (χ3v) is 5.79. The number of anilines is 1. The van der Waals surface area contributed by atoms with Crippen LogP contribution in [-0.2, 0) is 10.0 Å². The number of aromatic nitrogens is 3. The number of H-pyrrole nitrogens is 1. The van der Waals surface area contributed by atoms with Gasteiger partial charge >= 0.3 is 0 Å². The van der Waals surface area contributed by atoms with Crippen molar-refractivity contribution < 1.29 is 13.2 Å². The molecule has 26 heavy (non-hydrogen) atoms. The second-order valence-electron chi connectivity index (χ2n) is 5.52. The number of Topliss-reactive ketones (excluding diaryl/α,β-unsaturated/α-hetero) is 1. The maximum atomic E-state index is 12.6. The largest absolute Gasteiger partial charge is 0.293 e. The van der Waals surface area contributed by atoms with E-state index in [1.807, 2.05) is 17.5 Å². The highest BCUT2D eigenvalue weighted by Gasteiger charge is 2.19. The highest BCUT2D eigenvalue weighted by molar-refractivity contribution is 8.00. The van der Waals surface area contributed by atoms with Gasteiger partial charge < -0.3 is 0 Å². The van der Waals surface area contributed by atoms with Crippen LogP contribution in [0.25, 0.3) is 10.7 Å². The summed E-state index contributed by atoms with van der Waals surface area (Å²) in [5, 5.41) is 9.10. The summed E-state index contributed by atoms with van der Waals surface area (Å²) in [6.45, 7) is 1.79. The Morgan fingerprint density at radius 2 is 2.00 bits per heavy atom. The zero-order valence-electron chi connectivity index (χ0n) is 14.0. The molecule has 0 aliphatic heterocycles. The SMILES string of the molecule is C[C@@H](Sc1n[nH]c(-c2cccs2)n1)C(=O)c1ccc(NS(C)(=O)=O)cc1. The zero-order chi connectivity index (χ0) is 18.7. The molecule has 0 saturated heterocycles. The van der Waals surface area contributed by atoms with Gasteiger partial charge in [0.05, 0.1) is 16.4 Å². The van der Waals surface area contributed by atoms with Crippen LogP contribution in [0.4, 0.5) is 5.69 Å². The van der Waals surface area contributed by atoms with Crippen LogP contribution in [0.1, 0.15) is 17.3 Å². The predicted octanol–water partition coefficient (Wildman–Crippen LogP) is 3.27. The van der Waals surface area contributed by atoms with Crippen molar-refractivity contribution in [3.05, 3.63) is 47.3 Å². The topological polar surface area (TPSA) is 105 Å². The van der Waals surface area contributed by atoms with Gasteiger partial charge in [0.15, 0.2) is 11.6 Å². The molecule has 3 aromatic rings. The number of carbonyl (C=O) groups is 1. The smallest absolute Gasteiger partial charge is 0.229 e. The number of hydrogen-bond acceptors (Lipinski definition) is 7. The number of nitrogens with one attached hydrogen (secondary N) is 2. The lowest BCUT2D eigenvalue weighted by Gasteiger charge is -2.09. The number of sulfonamides is 1. The molecule has 2 aromatic heterocycles. The summed E-state index contributed by atoms with van der Waals surface area (Å²) in [6, 6.07) is 10.2. The first-order valence-corrected chi connectivity index (χ1v) is 11.2. The van der Waals surface area contributed by atoms with Crippen molar-refractivity contribution in [2.75, 3.05) is 11.0 Å². The molecule has 0 radical (unpaired) electrons. The molecule has 0 bridgehead atoms. The van der Waals surface area contributed by atoms with Crippen molar-refractivity contribution in [3.63, 3.8) is 0 Å². The highest BCUT2D eigenvalue weighted by Crippen LogP contribution is 2.27. The first-order chi connectivity index (χ1) is 12.3. The molecule has 1 aromatic carbocycles. The Morgan fingerprint density at radius 3 is 2.62 bits per heavy atom. The van der Waals surface area contributed by atoms with Gasteiger partial charge in [-0.05, 0) is 42.6 Å². The predicted molar refractivity (Wildman–Crippen MR) is 104 cm³/mol. The number of rotatable bonds is 7. The van der Waals surface area contributed by atoms with Crippen molar-refractivity contribution in [2.45, 2.75) is 17.3 Å². The average Bonchev–Trinajstić information content (AvgIpc) is 3.24. The van der Waals surface area contributed by atoms with Crippen LogP contribution in [0.3, 0.4) is 0 Å². The molecule has 0 spiro atoms. The number of nitrogens with zero attached hydrogens (tertiary/aromatic N) is 2. The molecule has 1 atom stereocenters. The monoisotopic (exact) mass is 408 g/mol. The van der Waals surface area contributed by atoms with Gasteiger partial charge in [0, 0.05) is 11.3 Å². The van der Waals surface area contributed by atoms with E-state index in [1.54, 1.807) is 42.5 Å². The number of carbonyl (C=O) groups excluding carboxylic acids is 1. The highest BCUT2D eigenvalue weighted by atomic mass is 32.2. The normalized spacial score (nSPS) is 12.7. The van der Waals surface area contributed by atoms with Gasteiger partial charge in [-0.3, -0.25) is 14.6 Å². The maximum absolute atomic E-state index is 12.6. The van der Waals surface area contributed by atoms with Crippen molar-refractivity contribution in [2.24, 2.45) is 0 Å². The molecule has 7 nitrogen and oxygen atoms in total. The number of hydrogen-bond donors (Lipinski definition) is 2. The van der Waals surface area contributed by atoms with Crippen molar-refractivity contribution >= 4 is 44.6 Å². The fraction of sp³-hybridized carbons (Fsp3) is 0.188. The molecule has 0 unspecified atom stereocenters.